The van der Waals surface area contributed by atoms with Crippen molar-refractivity contribution in [2.75, 3.05) is 25.6 Å². The highest BCUT2D eigenvalue weighted by Crippen LogP contribution is 2.12. The molecule has 0 radical (unpaired) electrons. The minimum absolute atomic E-state index is 0.206. The van der Waals surface area contributed by atoms with Gasteiger partial charge in [-0.25, -0.2) is 4.79 Å². The van der Waals surface area contributed by atoms with E-state index in [2.05, 4.69) is 17.4 Å². The topological polar surface area (TPSA) is 69.7 Å². The summed E-state index contributed by atoms with van der Waals surface area (Å²) in [4.78, 5) is 25.6. The second-order valence-electron chi connectivity index (χ2n) is 6.16. The number of quaternary nitrogens is 1. The zero-order valence-electron chi connectivity index (χ0n) is 14.3. The number of nitrogens with one attached hydrogen (secondary N) is 2. The summed E-state index contributed by atoms with van der Waals surface area (Å²) in [5.74, 6) is 1.50. The van der Waals surface area contributed by atoms with Gasteiger partial charge in [0.05, 0.1) is 13.7 Å². The van der Waals surface area contributed by atoms with Crippen molar-refractivity contribution in [3.05, 3.63) is 56.2 Å². The Bertz CT molecular complexity index is 852. The molecule has 7 nitrogen and oxygen atoms in total. The summed E-state index contributed by atoms with van der Waals surface area (Å²) in [6.45, 7) is 2.23. The normalized spacial score (nSPS) is 16.4. The molecular formula is C17H23N4O3+. The molecule has 128 valence electrons. The van der Waals surface area contributed by atoms with Crippen molar-refractivity contribution in [1.82, 2.24) is 9.13 Å². The number of aromatic nitrogens is 2. The van der Waals surface area contributed by atoms with Crippen LogP contribution in [-0.2, 0) is 27.1 Å². The van der Waals surface area contributed by atoms with Crippen LogP contribution in [0.1, 0.15) is 11.1 Å². The minimum atomic E-state index is -0.298. The summed E-state index contributed by atoms with van der Waals surface area (Å²) < 4.78 is 7.85. The standard InChI is InChI=1S/C17H22N4O3/c1-19-15-14(16(22)20(2)17(19)23)10-21(11-18-15)9-8-12-4-6-13(24-3)7-5-12/h4-7,18H,8-11H2,1-3H3/p+1. The molecule has 0 amide bonds. The van der Waals surface area contributed by atoms with Crippen LogP contribution in [0, 0.1) is 0 Å². The SMILES string of the molecule is COc1ccc(CC[NH+]2CNc3c(c(=O)n(C)c(=O)n3C)C2)cc1. The molecule has 0 fully saturated rings. The molecule has 2 aromatic rings. The molecule has 1 aromatic carbocycles. The molecule has 0 aliphatic carbocycles. The predicted octanol–water partition coefficient (Wildman–Crippen LogP) is -0.897. The number of nitrogens with zero attached hydrogens (tertiary/aromatic N) is 2. The van der Waals surface area contributed by atoms with E-state index < -0.39 is 0 Å². The maximum atomic E-state index is 12.4. The van der Waals surface area contributed by atoms with Crippen LogP contribution in [0.2, 0.25) is 0 Å². The van der Waals surface area contributed by atoms with Crippen LogP contribution < -0.4 is 26.2 Å². The molecule has 2 N–H and O–H groups in total. The summed E-state index contributed by atoms with van der Waals surface area (Å²) in [7, 11) is 4.87. The van der Waals surface area contributed by atoms with Gasteiger partial charge in [-0.05, 0) is 17.7 Å². The molecule has 1 aromatic heterocycles. The number of ether oxygens (including phenoxy) is 1. The number of hydrogen-bond donors (Lipinski definition) is 2. The number of hydrogen-bond acceptors (Lipinski definition) is 4. The second kappa shape index (κ2) is 6.52. The van der Waals surface area contributed by atoms with Crippen molar-refractivity contribution in [3.8, 4) is 5.75 Å². The quantitative estimate of drug-likeness (QED) is 0.762. The highest BCUT2D eigenvalue weighted by Gasteiger charge is 2.25. The van der Waals surface area contributed by atoms with Crippen molar-refractivity contribution in [3.63, 3.8) is 0 Å². The zero-order valence-corrected chi connectivity index (χ0v) is 14.3. The van der Waals surface area contributed by atoms with Crippen LogP contribution in [0.4, 0.5) is 5.82 Å². The second-order valence-corrected chi connectivity index (χ2v) is 6.16. The van der Waals surface area contributed by atoms with Crippen LogP contribution in [0.3, 0.4) is 0 Å². The number of rotatable bonds is 4. The molecule has 3 rings (SSSR count). The summed E-state index contributed by atoms with van der Waals surface area (Å²) in [5, 5.41) is 3.24. The summed E-state index contributed by atoms with van der Waals surface area (Å²) in [6, 6.07) is 8.04. The Labute approximate surface area is 140 Å². The summed E-state index contributed by atoms with van der Waals surface area (Å²) in [5.41, 5.74) is 1.41. The Balaban J connectivity index is 1.73. The van der Waals surface area contributed by atoms with Gasteiger partial charge >= 0.3 is 5.69 Å². The molecule has 2 heterocycles. The molecule has 24 heavy (non-hydrogen) atoms. The monoisotopic (exact) mass is 331 g/mol. The number of benzene rings is 1. The van der Waals surface area contributed by atoms with Crippen LogP contribution in [0.15, 0.2) is 33.9 Å². The average Bonchev–Trinajstić information content (AvgIpc) is 2.63. The number of methoxy groups -OCH3 is 1. The first-order valence-corrected chi connectivity index (χ1v) is 8.00. The van der Waals surface area contributed by atoms with Gasteiger partial charge in [-0.15, -0.1) is 0 Å². The number of anilines is 1. The Morgan fingerprint density at radius 3 is 2.54 bits per heavy atom. The smallest absolute Gasteiger partial charge is 0.332 e. The van der Waals surface area contributed by atoms with Gasteiger partial charge in [-0.3, -0.25) is 13.9 Å². The van der Waals surface area contributed by atoms with Gasteiger partial charge in [-0.2, -0.15) is 0 Å². The summed E-state index contributed by atoms with van der Waals surface area (Å²) >= 11 is 0. The van der Waals surface area contributed by atoms with Crippen molar-refractivity contribution in [1.29, 1.82) is 0 Å². The molecule has 7 heteroatoms. The van der Waals surface area contributed by atoms with E-state index in [1.165, 1.54) is 26.6 Å². The molecule has 1 aliphatic rings. The van der Waals surface area contributed by atoms with Crippen LogP contribution in [0.5, 0.6) is 5.75 Å². The van der Waals surface area contributed by atoms with E-state index in [1.807, 2.05) is 12.1 Å². The highest BCUT2D eigenvalue weighted by atomic mass is 16.5. The Hall–Kier alpha value is -2.54. The lowest BCUT2D eigenvalue weighted by Gasteiger charge is -2.28. The third-order valence-electron chi connectivity index (χ3n) is 4.62. The van der Waals surface area contributed by atoms with E-state index in [4.69, 9.17) is 4.74 Å². The van der Waals surface area contributed by atoms with Crippen LogP contribution >= 0.6 is 0 Å². The maximum absolute atomic E-state index is 12.4. The first-order chi connectivity index (χ1) is 11.5. The highest BCUT2D eigenvalue weighted by molar-refractivity contribution is 5.43. The molecule has 0 saturated carbocycles. The minimum Gasteiger partial charge on any atom is -0.497 e. The molecule has 0 spiro atoms. The van der Waals surface area contributed by atoms with Gasteiger partial charge in [0.1, 0.15) is 23.7 Å². The predicted molar refractivity (Wildman–Crippen MR) is 91.6 cm³/mol. The molecule has 0 saturated heterocycles. The van der Waals surface area contributed by atoms with E-state index in [0.29, 0.717) is 24.6 Å². The van der Waals surface area contributed by atoms with Crippen molar-refractivity contribution in [2.45, 2.75) is 13.0 Å². The van der Waals surface area contributed by atoms with Gasteiger partial charge in [0.15, 0.2) is 6.67 Å². The lowest BCUT2D eigenvalue weighted by Crippen LogP contribution is -3.13. The van der Waals surface area contributed by atoms with Crippen molar-refractivity contribution >= 4 is 5.82 Å². The first kappa shape index (κ1) is 16.3. The lowest BCUT2D eigenvalue weighted by atomic mass is 10.1. The first-order valence-electron chi connectivity index (χ1n) is 8.00. The lowest BCUT2D eigenvalue weighted by molar-refractivity contribution is -0.912. The average molecular weight is 331 g/mol. The van der Waals surface area contributed by atoms with E-state index >= 15 is 0 Å². The van der Waals surface area contributed by atoms with E-state index in [-0.39, 0.29) is 11.2 Å². The van der Waals surface area contributed by atoms with Gasteiger partial charge in [0.25, 0.3) is 5.56 Å². The Morgan fingerprint density at radius 2 is 1.88 bits per heavy atom. The van der Waals surface area contributed by atoms with Crippen LogP contribution in [0.25, 0.3) is 0 Å². The third kappa shape index (κ3) is 2.94. The largest absolute Gasteiger partial charge is 0.497 e. The maximum Gasteiger partial charge on any atom is 0.332 e. The molecule has 1 atom stereocenters. The molecule has 1 aliphatic heterocycles. The van der Waals surface area contributed by atoms with Gasteiger partial charge < -0.3 is 15.0 Å². The fourth-order valence-corrected chi connectivity index (χ4v) is 3.11. The number of fused-ring (bicyclic) bond motifs is 1. The van der Waals surface area contributed by atoms with E-state index in [1.54, 1.807) is 14.2 Å². The zero-order chi connectivity index (χ0) is 17.3. The van der Waals surface area contributed by atoms with Gasteiger partial charge in [0, 0.05) is 20.5 Å². The molecular weight excluding hydrogens is 308 g/mol. The van der Waals surface area contributed by atoms with Gasteiger partial charge in [0.2, 0.25) is 0 Å². The fourth-order valence-electron chi connectivity index (χ4n) is 3.11. The van der Waals surface area contributed by atoms with Crippen molar-refractivity contribution < 1.29 is 9.64 Å². The van der Waals surface area contributed by atoms with E-state index in [9.17, 15) is 9.59 Å². The van der Waals surface area contributed by atoms with Crippen LogP contribution in [-0.4, -0.2) is 29.5 Å². The summed E-state index contributed by atoms with van der Waals surface area (Å²) in [6.07, 6.45) is 0.919. The Kier molecular flexibility index (Phi) is 4.44. The Morgan fingerprint density at radius 1 is 1.17 bits per heavy atom. The van der Waals surface area contributed by atoms with Gasteiger partial charge in [-0.1, -0.05) is 12.1 Å². The fraction of sp³-hybridized carbons (Fsp3) is 0.412. The third-order valence-corrected chi connectivity index (χ3v) is 4.62. The van der Waals surface area contributed by atoms with Crippen molar-refractivity contribution in [2.24, 2.45) is 14.1 Å². The van der Waals surface area contributed by atoms with E-state index in [0.717, 1.165) is 18.7 Å². The molecule has 0 bridgehead atoms. The molecule has 1 unspecified atom stereocenters.